The van der Waals surface area contributed by atoms with Crippen LogP contribution in [0.1, 0.15) is 31.5 Å². The zero-order valence-corrected chi connectivity index (χ0v) is 12.9. The smallest absolute Gasteiger partial charge is 0.251 e. The molecule has 0 fully saturated rings. The summed E-state index contributed by atoms with van der Waals surface area (Å²) in [5, 5.41) is 2.85. The Kier molecular flexibility index (Phi) is 4.99. The first kappa shape index (κ1) is 15.8. The number of carbonyl (C=O) groups excluding carboxylic acids is 1. The van der Waals surface area contributed by atoms with E-state index in [1.54, 1.807) is 34.9 Å². The third-order valence-corrected chi connectivity index (χ3v) is 3.55. The highest BCUT2D eigenvalue weighted by atomic mass is 16.2. The summed E-state index contributed by atoms with van der Waals surface area (Å²) in [4.78, 5) is 24.7. The molecule has 1 amide bonds. The third kappa shape index (κ3) is 3.55. The summed E-state index contributed by atoms with van der Waals surface area (Å²) < 4.78 is 1.55. The number of anilines is 2. The fraction of sp³-hybridized carbons (Fsp3) is 0.294. The number of benzene rings is 1. The molecule has 116 valence electrons. The van der Waals surface area contributed by atoms with E-state index in [9.17, 15) is 9.59 Å². The highest BCUT2D eigenvalue weighted by molar-refractivity contribution is 5.93. The van der Waals surface area contributed by atoms with Gasteiger partial charge >= 0.3 is 0 Å². The standard InChI is InChI=1S/C17H21N3O2/c1-3-5-15(20-12(2)6-4-7-16(20)21)17(22)19-14-10-8-13(18)9-11-14/h4,6-11,15H,3,5,18H2,1-2H3,(H,19,22). The van der Waals surface area contributed by atoms with Crippen molar-refractivity contribution in [3.05, 3.63) is 58.5 Å². The van der Waals surface area contributed by atoms with Crippen LogP contribution in [0, 0.1) is 6.92 Å². The molecule has 0 bridgehead atoms. The average Bonchev–Trinajstić information content (AvgIpc) is 2.48. The SMILES string of the molecule is CCCC(C(=O)Nc1ccc(N)cc1)n1c(C)cccc1=O. The van der Waals surface area contributed by atoms with Crippen molar-refractivity contribution in [1.82, 2.24) is 4.57 Å². The fourth-order valence-electron chi connectivity index (χ4n) is 2.45. The van der Waals surface area contributed by atoms with Crippen LogP contribution >= 0.6 is 0 Å². The Morgan fingerprint density at radius 2 is 1.91 bits per heavy atom. The Morgan fingerprint density at radius 1 is 1.23 bits per heavy atom. The van der Waals surface area contributed by atoms with Gasteiger partial charge in [0.2, 0.25) is 5.91 Å². The summed E-state index contributed by atoms with van der Waals surface area (Å²) in [5.41, 5.74) is 7.56. The number of nitrogens with zero attached hydrogens (tertiary/aromatic N) is 1. The normalized spacial score (nSPS) is 11.9. The second-order valence-electron chi connectivity index (χ2n) is 5.29. The lowest BCUT2D eigenvalue weighted by Gasteiger charge is -2.21. The van der Waals surface area contributed by atoms with E-state index < -0.39 is 6.04 Å². The van der Waals surface area contributed by atoms with Crippen LogP contribution in [-0.2, 0) is 4.79 Å². The van der Waals surface area contributed by atoms with Gasteiger partial charge in [0.25, 0.3) is 5.56 Å². The van der Waals surface area contributed by atoms with Gasteiger partial charge in [0.15, 0.2) is 0 Å². The molecule has 5 heteroatoms. The lowest BCUT2D eigenvalue weighted by molar-refractivity contribution is -0.119. The van der Waals surface area contributed by atoms with Gasteiger partial charge in [-0.1, -0.05) is 19.4 Å². The number of rotatable bonds is 5. The van der Waals surface area contributed by atoms with Crippen molar-refractivity contribution in [2.24, 2.45) is 0 Å². The van der Waals surface area contributed by atoms with Crippen LogP contribution in [0.3, 0.4) is 0 Å². The van der Waals surface area contributed by atoms with E-state index in [1.807, 2.05) is 19.9 Å². The van der Waals surface area contributed by atoms with E-state index in [1.165, 1.54) is 6.07 Å². The molecule has 2 rings (SSSR count). The largest absolute Gasteiger partial charge is 0.399 e. The summed E-state index contributed by atoms with van der Waals surface area (Å²) >= 11 is 0. The summed E-state index contributed by atoms with van der Waals surface area (Å²) in [5.74, 6) is -0.192. The van der Waals surface area contributed by atoms with E-state index in [2.05, 4.69) is 5.32 Å². The zero-order valence-electron chi connectivity index (χ0n) is 12.9. The van der Waals surface area contributed by atoms with E-state index in [0.717, 1.165) is 12.1 Å². The van der Waals surface area contributed by atoms with Crippen molar-refractivity contribution >= 4 is 17.3 Å². The van der Waals surface area contributed by atoms with Crippen molar-refractivity contribution < 1.29 is 4.79 Å². The van der Waals surface area contributed by atoms with Crippen LogP contribution in [0.15, 0.2) is 47.3 Å². The van der Waals surface area contributed by atoms with E-state index >= 15 is 0 Å². The molecule has 3 N–H and O–H groups in total. The van der Waals surface area contributed by atoms with E-state index in [-0.39, 0.29) is 11.5 Å². The number of hydrogen-bond donors (Lipinski definition) is 2. The molecule has 1 aromatic carbocycles. The molecule has 2 aromatic rings. The van der Waals surface area contributed by atoms with Crippen molar-refractivity contribution in [3.63, 3.8) is 0 Å². The summed E-state index contributed by atoms with van der Waals surface area (Å²) in [6.07, 6.45) is 1.41. The van der Waals surface area contributed by atoms with Crippen molar-refractivity contribution in [2.75, 3.05) is 11.1 Å². The monoisotopic (exact) mass is 299 g/mol. The maximum absolute atomic E-state index is 12.6. The molecule has 0 spiro atoms. The first-order chi connectivity index (χ1) is 10.5. The van der Waals surface area contributed by atoms with Gasteiger partial charge < -0.3 is 15.6 Å². The third-order valence-electron chi connectivity index (χ3n) is 3.55. The molecule has 5 nitrogen and oxygen atoms in total. The molecule has 0 aliphatic carbocycles. The molecule has 0 aliphatic rings. The maximum Gasteiger partial charge on any atom is 0.251 e. The van der Waals surface area contributed by atoms with Gasteiger partial charge in [0, 0.05) is 23.1 Å². The van der Waals surface area contributed by atoms with Gasteiger partial charge in [-0.15, -0.1) is 0 Å². The molecule has 1 heterocycles. The topological polar surface area (TPSA) is 77.1 Å². The minimum Gasteiger partial charge on any atom is -0.399 e. The zero-order chi connectivity index (χ0) is 16.1. The second kappa shape index (κ2) is 6.93. The first-order valence-corrected chi connectivity index (χ1v) is 7.37. The van der Waals surface area contributed by atoms with Crippen molar-refractivity contribution in [1.29, 1.82) is 0 Å². The predicted molar refractivity (Wildman–Crippen MR) is 88.9 cm³/mol. The van der Waals surface area contributed by atoms with E-state index in [4.69, 9.17) is 5.73 Å². The first-order valence-electron chi connectivity index (χ1n) is 7.37. The van der Waals surface area contributed by atoms with Gasteiger partial charge in [0.1, 0.15) is 6.04 Å². The molecule has 1 unspecified atom stereocenters. The number of pyridine rings is 1. The molecule has 1 aromatic heterocycles. The number of aromatic nitrogens is 1. The van der Waals surface area contributed by atoms with Crippen LogP contribution < -0.4 is 16.6 Å². The predicted octanol–water partition coefficient (Wildman–Crippen LogP) is 2.72. The van der Waals surface area contributed by atoms with Gasteiger partial charge in [-0.25, -0.2) is 0 Å². The summed E-state index contributed by atoms with van der Waals surface area (Å²) in [7, 11) is 0. The van der Waals surface area contributed by atoms with Gasteiger partial charge in [-0.3, -0.25) is 9.59 Å². The molecule has 0 saturated carbocycles. The number of aryl methyl sites for hydroxylation is 1. The quantitative estimate of drug-likeness (QED) is 0.833. The number of nitrogen functional groups attached to an aromatic ring is 1. The Labute approximate surface area is 129 Å². The van der Waals surface area contributed by atoms with Crippen LogP contribution in [0.4, 0.5) is 11.4 Å². The molecule has 1 atom stereocenters. The lowest BCUT2D eigenvalue weighted by Crippen LogP contribution is -2.34. The van der Waals surface area contributed by atoms with E-state index in [0.29, 0.717) is 17.8 Å². The average molecular weight is 299 g/mol. The number of amides is 1. The van der Waals surface area contributed by atoms with Crippen LogP contribution in [0.2, 0.25) is 0 Å². The molecule has 0 saturated heterocycles. The number of nitrogens with one attached hydrogen (secondary N) is 1. The summed E-state index contributed by atoms with van der Waals surface area (Å²) in [6.45, 7) is 3.83. The Morgan fingerprint density at radius 3 is 2.50 bits per heavy atom. The maximum atomic E-state index is 12.6. The van der Waals surface area contributed by atoms with Gasteiger partial charge in [-0.05, 0) is 43.7 Å². The molecule has 22 heavy (non-hydrogen) atoms. The Bertz CT molecular complexity index is 705. The number of hydrogen-bond acceptors (Lipinski definition) is 3. The molecular weight excluding hydrogens is 278 g/mol. The second-order valence-corrected chi connectivity index (χ2v) is 5.29. The number of nitrogens with two attached hydrogens (primary N) is 1. The van der Waals surface area contributed by atoms with Crippen molar-refractivity contribution in [2.45, 2.75) is 32.7 Å². The Hall–Kier alpha value is -2.56. The minimum atomic E-state index is -0.517. The van der Waals surface area contributed by atoms with Crippen LogP contribution in [0.5, 0.6) is 0 Å². The lowest BCUT2D eigenvalue weighted by atomic mass is 10.1. The van der Waals surface area contributed by atoms with Crippen molar-refractivity contribution in [3.8, 4) is 0 Å². The fourth-order valence-corrected chi connectivity index (χ4v) is 2.45. The Balaban J connectivity index is 2.29. The molecular formula is C17H21N3O2. The van der Waals surface area contributed by atoms with Gasteiger partial charge in [0.05, 0.1) is 0 Å². The van der Waals surface area contributed by atoms with Gasteiger partial charge in [-0.2, -0.15) is 0 Å². The molecule has 0 radical (unpaired) electrons. The minimum absolute atomic E-state index is 0.161. The van der Waals surface area contributed by atoms with Crippen LogP contribution in [0.25, 0.3) is 0 Å². The number of carbonyl (C=O) groups is 1. The summed E-state index contributed by atoms with van der Waals surface area (Å²) in [6, 6.07) is 11.4. The highest BCUT2D eigenvalue weighted by Gasteiger charge is 2.21. The molecule has 0 aliphatic heterocycles. The van der Waals surface area contributed by atoms with Crippen LogP contribution in [-0.4, -0.2) is 10.5 Å². The highest BCUT2D eigenvalue weighted by Crippen LogP contribution is 2.18.